The second-order valence-corrected chi connectivity index (χ2v) is 10.5. The largest absolute Gasteiger partial charge is 0.442 e. The summed E-state index contributed by atoms with van der Waals surface area (Å²) in [6.07, 6.45) is -0.0466. The van der Waals surface area contributed by atoms with Gasteiger partial charge >= 0.3 is 6.09 Å². The van der Waals surface area contributed by atoms with Crippen molar-refractivity contribution in [3.8, 4) is 0 Å². The van der Waals surface area contributed by atoms with Crippen molar-refractivity contribution in [1.82, 2.24) is 10.2 Å². The number of carbonyl (C=O) groups is 4. The van der Waals surface area contributed by atoms with Crippen LogP contribution in [0.2, 0.25) is 0 Å². The number of hydrogen-bond acceptors (Lipinski definition) is 7. The van der Waals surface area contributed by atoms with Crippen LogP contribution in [0, 0.1) is 5.82 Å². The molecule has 10 nitrogen and oxygen atoms in total. The number of halogens is 1. The van der Waals surface area contributed by atoms with Crippen LogP contribution in [-0.2, 0) is 14.3 Å². The molecule has 12 heteroatoms. The Morgan fingerprint density at radius 2 is 1.76 bits per heavy atom. The molecule has 2 N–H and O–H groups in total. The predicted octanol–water partition coefficient (Wildman–Crippen LogP) is 3.75. The number of thiocarbonyl (C=S) groups is 1. The normalized spacial score (nSPS) is 16.8. The fourth-order valence-corrected chi connectivity index (χ4v) is 4.86. The van der Waals surface area contributed by atoms with Crippen LogP contribution in [0.1, 0.15) is 43.5 Å². The third kappa shape index (κ3) is 7.78. The molecule has 2 aromatic carbocycles. The average Bonchev–Trinajstić information content (AvgIpc) is 3.34. The van der Waals surface area contributed by atoms with Crippen LogP contribution in [-0.4, -0.2) is 79.0 Å². The number of nitrogens with zero attached hydrogens (tertiary/aromatic N) is 3. The fourth-order valence-electron chi connectivity index (χ4n) is 4.77. The highest BCUT2D eigenvalue weighted by Gasteiger charge is 2.33. The summed E-state index contributed by atoms with van der Waals surface area (Å²) in [7, 11) is 0. The predicted molar refractivity (Wildman–Crippen MR) is 158 cm³/mol. The molecule has 218 valence electrons. The maximum atomic E-state index is 15.1. The second kappa shape index (κ2) is 13.5. The number of nitrogens with one attached hydrogen (secondary N) is 2. The van der Waals surface area contributed by atoms with Crippen molar-refractivity contribution in [1.29, 1.82) is 0 Å². The number of amides is 3. The molecular formula is C29H34FN5O5S. The molecule has 0 spiro atoms. The minimum absolute atomic E-state index is 0.0791. The van der Waals surface area contributed by atoms with Crippen molar-refractivity contribution >= 4 is 58.0 Å². The lowest BCUT2D eigenvalue weighted by molar-refractivity contribution is -0.131. The molecule has 2 aliphatic rings. The van der Waals surface area contributed by atoms with Crippen molar-refractivity contribution < 1.29 is 28.3 Å². The van der Waals surface area contributed by atoms with Crippen LogP contribution < -0.4 is 20.4 Å². The molecule has 2 saturated heterocycles. The standard InChI is InChI=1S/C29H34FN5O5S/c1-3-27(41)31-17-23-18-35(29(39)40-23)22-8-9-25(24(30)16-22)33-12-14-34(15-13-33)28(38)11-10-26(37)20-4-6-21(7-5-20)32-19(2)36/h4-9,16,23H,3,10-15,17-18H2,1-2H3,(H,31,41)(H,32,36)/t23-/m0/s1. The van der Waals surface area contributed by atoms with Crippen LogP contribution in [0.3, 0.4) is 0 Å². The number of anilines is 3. The van der Waals surface area contributed by atoms with Gasteiger partial charge in [-0.3, -0.25) is 19.3 Å². The Balaban J connectivity index is 1.25. The quantitative estimate of drug-likeness (QED) is 0.322. The third-order valence-electron chi connectivity index (χ3n) is 7.03. The molecule has 4 rings (SSSR count). The van der Waals surface area contributed by atoms with E-state index < -0.39 is 11.9 Å². The van der Waals surface area contributed by atoms with Crippen molar-refractivity contribution in [2.75, 3.05) is 54.4 Å². The van der Waals surface area contributed by atoms with Crippen LogP contribution >= 0.6 is 12.2 Å². The van der Waals surface area contributed by atoms with Gasteiger partial charge in [-0.15, -0.1) is 0 Å². The summed E-state index contributed by atoms with van der Waals surface area (Å²) in [6, 6.07) is 11.2. The summed E-state index contributed by atoms with van der Waals surface area (Å²) >= 11 is 5.15. The number of benzene rings is 2. The lowest BCUT2D eigenvalue weighted by Crippen LogP contribution is -2.49. The number of hydrogen-bond donors (Lipinski definition) is 2. The van der Waals surface area contributed by atoms with E-state index in [1.54, 1.807) is 41.3 Å². The van der Waals surface area contributed by atoms with E-state index in [0.717, 1.165) is 0 Å². The van der Waals surface area contributed by atoms with E-state index in [1.165, 1.54) is 17.9 Å². The van der Waals surface area contributed by atoms with E-state index in [9.17, 15) is 19.2 Å². The van der Waals surface area contributed by atoms with Crippen molar-refractivity contribution in [3.63, 3.8) is 0 Å². The summed E-state index contributed by atoms with van der Waals surface area (Å²) < 4.78 is 20.5. The molecule has 2 heterocycles. The Hall–Kier alpha value is -4.06. The zero-order chi connectivity index (χ0) is 29.5. The van der Waals surface area contributed by atoms with Gasteiger partial charge < -0.3 is 25.2 Å². The molecule has 1 atom stereocenters. The first-order valence-corrected chi connectivity index (χ1v) is 14.0. The number of ketones is 1. The summed E-state index contributed by atoms with van der Waals surface area (Å²) in [5.41, 5.74) is 1.89. The van der Waals surface area contributed by atoms with Gasteiger partial charge in [-0.2, -0.15) is 0 Å². The Kier molecular flexibility index (Phi) is 9.87. The maximum Gasteiger partial charge on any atom is 0.414 e. The Labute approximate surface area is 243 Å². The monoisotopic (exact) mass is 583 g/mol. The number of ether oxygens (including phenoxy) is 1. The van der Waals surface area contributed by atoms with Crippen molar-refractivity contribution in [3.05, 3.63) is 53.8 Å². The molecule has 0 saturated carbocycles. The summed E-state index contributed by atoms with van der Waals surface area (Å²) in [6.45, 7) is 5.74. The van der Waals surface area contributed by atoms with Gasteiger partial charge in [-0.25, -0.2) is 9.18 Å². The molecule has 0 bridgehead atoms. The highest BCUT2D eigenvalue weighted by molar-refractivity contribution is 7.80. The minimum Gasteiger partial charge on any atom is -0.442 e. The first-order chi connectivity index (χ1) is 19.6. The lowest BCUT2D eigenvalue weighted by atomic mass is 10.1. The van der Waals surface area contributed by atoms with Gasteiger partial charge in [0, 0.05) is 57.2 Å². The van der Waals surface area contributed by atoms with Gasteiger partial charge in [0.25, 0.3) is 0 Å². The number of cyclic esters (lactones) is 1. The lowest BCUT2D eigenvalue weighted by Gasteiger charge is -2.36. The highest BCUT2D eigenvalue weighted by atomic mass is 32.1. The number of piperazine rings is 1. The zero-order valence-corrected chi connectivity index (χ0v) is 24.0. The smallest absolute Gasteiger partial charge is 0.414 e. The molecule has 2 aliphatic heterocycles. The molecule has 0 unspecified atom stereocenters. The third-order valence-corrected chi connectivity index (χ3v) is 7.46. The Morgan fingerprint density at radius 3 is 2.39 bits per heavy atom. The molecule has 0 aliphatic carbocycles. The fraction of sp³-hybridized carbons (Fsp3) is 0.414. The Morgan fingerprint density at radius 1 is 1.05 bits per heavy atom. The van der Waals surface area contributed by atoms with Crippen LogP contribution in [0.25, 0.3) is 0 Å². The van der Waals surface area contributed by atoms with Gasteiger partial charge in [0.2, 0.25) is 11.8 Å². The van der Waals surface area contributed by atoms with E-state index in [2.05, 4.69) is 10.6 Å². The molecule has 3 amide bonds. The second-order valence-electron chi connectivity index (χ2n) is 9.96. The number of rotatable bonds is 10. The number of Topliss-reactive ketones (excluding diaryl/α,β-unsaturated/α-hetero) is 1. The molecule has 0 aromatic heterocycles. The van der Waals surface area contributed by atoms with Crippen LogP contribution in [0.5, 0.6) is 0 Å². The van der Waals surface area contributed by atoms with Crippen LogP contribution in [0.15, 0.2) is 42.5 Å². The van der Waals surface area contributed by atoms with Crippen molar-refractivity contribution in [2.24, 2.45) is 0 Å². The van der Waals surface area contributed by atoms with Gasteiger partial charge in [0.1, 0.15) is 11.9 Å². The van der Waals surface area contributed by atoms with Crippen LogP contribution in [0.4, 0.5) is 26.2 Å². The van der Waals surface area contributed by atoms with Gasteiger partial charge in [0.15, 0.2) is 5.78 Å². The Bertz CT molecular complexity index is 1310. The van der Waals surface area contributed by atoms with Gasteiger partial charge in [-0.1, -0.05) is 19.1 Å². The van der Waals surface area contributed by atoms with Gasteiger partial charge in [0.05, 0.1) is 29.5 Å². The summed E-state index contributed by atoms with van der Waals surface area (Å²) in [5.74, 6) is -0.931. The first-order valence-electron chi connectivity index (χ1n) is 13.6. The summed E-state index contributed by atoms with van der Waals surface area (Å²) in [4.78, 5) is 54.4. The molecule has 41 heavy (non-hydrogen) atoms. The van der Waals surface area contributed by atoms with E-state index in [0.29, 0.717) is 73.3 Å². The SMILES string of the molecule is CCC(=S)NC[C@H]1CN(c2ccc(N3CCN(C(=O)CCC(=O)c4ccc(NC(C)=O)cc4)CC3)c(F)c2)C(=O)O1. The molecular weight excluding hydrogens is 549 g/mol. The zero-order valence-electron chi connectivity index (χ0n) is 23.2. The molecule has 2 aromatic rings. The topological polar surface area (TPSA) is 111 Å². The molecule has 2 fully saturated rings. The average molecular weight is 584 g/mol. The maximum absolute atomic E-state index is 15.1. The van der Waals surface area contributed by atoms with E-state index in [1.807, 2.05) is 11.8 Å². The van der Waals surface area contributed by atoms with Crippen molar-refractivity contribution in [2.45, 2.75) is 39.2 Å². The van der Waals surface area contributed by atoms with E-state index in [4.69, 9.17) is 17.0 Å². The number of carbonyl (C=O) groups excluding carboxylic acids is 4. The van der Waals surface area contributed by atoms with Gasteiger partial charge in [-0.05, 0) is 48.9 Å². The summed E-state index contributed by atoms with van der Waals surface area (Å²) in [5, 5.41) is 5.71. The van der Waals surface area contributed by atoms with E-state index in [-0.39, 0.29) is 36.5 Å². The van der Waals surface area contributed by atoms with E-state index >= 15 is 4.39 Å². The molecule has 0 radical (unpaired) electrons. The first kappa shape index (κ1) is 29.9. The highest BCUT2D eigenvalue weighted by Crippen LogP contribution is 2.28. The minimum atomic E-state index is -0.529.